The Morgan fingerprint density at radius 1 is 0.382 bits per heavy atom. The second-order valence-electron chi connectivity index (χ2n) is 15.0. The fraction of sp³-hybridized carbons (Fsp3) is 0.235. The summed E-state index contributed by atoms with van der Waals surface area (Å²) in [6, 6.07) is 45.3. The van der Waals surface area contributed by atoms with Crippen LogP contribution in [-0.2, 0) is 12.8 Å². The number of aromatic nitrogens is 3. The Labute approximate surface area is 323 Å². The van der Waals surface area contributed by atoms with Crippen molar-refractivity contribution in [2.45, 2.75) is 78.1 Å². The van der Waals surface area contributed by atoms with Gasteiger partial charge in [0.2, 0.25) is 0 Å². The largest absolute Gasteiger partial charge is 0.456 e. The van der Waals surface area contributed by atoms with Crippen molar-refractivity contribution in [3.05, 3.63) is 139 Å². The van der Waals surface area contributed by atoms with Gasteiger partial charge in [0.25, 0.3) is 0 Å². The molecule has 0 N–H and O–H groups in total. The van der Waals surface area contributed by atoms with Crippen LogP contribution < -0.4 is 0 Å². The number of benzene rings is 7. The van der Waals surface area contributed by atoms with Crippen LogP contribution in [0.5, 0.6) is 0 Å². The third kappa shape index (κ3) is 6.76. The SMILES string of the molecule is CCCCCCc1cc2c3cc(-c4nc(-c5ccccc5)nc(-c5ccccc5)n4)ccc3c3ccc4oc5ccccc5c4c3c2cc1CCCCCC. The first-order valence-corrected chi connectivity index (χ1v) is 20.3. The van der Waals surface area contributed by atoms with Gasteiger partial charge in [-0.3, -0.25) is 0 Å². The van der Waals surface area contributed by atoms with Gasteiger partial charge in [-0.05, 0) is 88.0 Å². The van der Waals surface area contributed by atoms with Crippen molar-refractivity contribution in [2.75, 3.05) is 0 Å². The van der Waals surface area contributed by atoms with E-state index in [0.29, 0.717) is 17.5 Å². The molecule has 0 amide bonds. The van der Waals surface area contributed by atoms with Gasteiger partial charge in [0.05, 0.1) is 0 Å². The van der Waals surface area contributed by atoms with Crippen LogP contribution in [-0.4, -0.2) is 15.0 Å². The second kappa shape index (κ2) is 15.5. The highest BCUT2D eigenvalue weighted by atomic mass is 16.3. The normalized spacial score (nSPS) is 11.8. The first-order chi connectivity index (χ1) is 27.2. The smallest absolute Gasteiger partial charge is 0.164 e. The van der Waals surface area contributed by atoms with E-state index in [1.54, 1.807) is 0 Å². The van der Waals surface area contributed by atoms with Crippen molar-refractivity contribution in [1.82, 2.24) is 15.0 Å². The molecule has 0 spiro atoms. The molecule has 55 heavy (non-hydrogen) atoms. The molecule has 0 aliphatic carbocycles. The molecule has 0 aliphatic rings. The molecule has 0 bridgehead atoms. The lowest BCUT2D eigenvalue weighted by Gasteiger charge is -2.17. The standard InChI is InChI=1S/C51H47N3O/c1-3-5-7-11-23-36-31-43-42-33-38(51-53-49(34-19-13-9-14-20-34)52-50(54-51)35-21-15-10-16-22-35)27-28-39(42)40-29-30-46-48(41-25-17-18-26-45(41)55-46)47(40)44(43)32-37(36)24-12-8-6-4-2/h9-10,13-22,25-33H,3-8,11-12,23-24H2,1-2H3. The summed E-state index contributed by atoms with van der Waals surface area (Å²) < 4.78 is 6.49. The maximum absolute atomic E-state index is 6.49. The lowest BCUT2D eigenvalue weighted by atomic mass is 9.86. The summed E-state index contributed by atoms with van der Waals surface area (Å²) in [4.78, 5) is 15.2. The first-order valence-electron chi connectivity index (χ1n) is 20.3. The molecule has 0 saturated carbocycles. The van der Waals surface area contributed by atoms with Gasteiger partial charge < -0.3 is 4.42 Å². The van der Waals surface area contributed by atoms with Gasteiger partial charge in [0, 0.05) is 32.8 Å². The molecule has 0 atom stereocenters. The van der Waals surface area contributed by atoms with Gasteiger partial charge in [-0.25, -0.2) is 15.0 Å². The molecule has 272 valence electrons. The van der Waals surface area contributed by atoms with Crippen LogP contribution in [0.2, 0.25) is 0 Å². The maximum atomic E-state index is 6.49. The zero-order chi connectivity index (χ0) is 37.1. The quantitative estimate of drug-likeness (QED) is 0.0880. The summed E-state index contributed by atoms with van der Waals surface area (Å²) in [5.74, 6) is 2.01. The monoisotopic (exact) mass is 717 g/mol. The summed E-state index contributed by atoms with van der Waals surface area (Å²) in [6.45, 7) is 4.59. The number of hydrogen-bond donors (Lipinski definition) is 0. The van der Waals surface area contributed by atoms with Crippen LogP contribution in [0.1, 0.15) is 76.3 Å². The number of rotatable bonds is 13. The average Bonchev–Trinajstić information content (AvgIpc) is 3.63. The predicted octanol–water partition coefficient (Wildman–Crippen LogP) is 14.5. The maximum Gasteiger partial charge on any atom is 0.164 e. The number of fused-ring (bicyclic) bond motifs is 10. The van der Waals surface area contributed by atoms with Gasteiger partial charge in [-0.1, -0.05) is 156 Å². The van der Waals surface area contributed by atoms with Crippen molar-refractivity contribution in [1.29, 1.82) is 0 Å². The minimum Gasteiger partial charge on any atom is -0.456 e. The topological polar surface area (TPSA) is 51.8 Å². The van der Waals surface area contributed by atoms with Gasteiger partial charge >= 0.3 is 0 Å². The Bertz CT molecular complexity index is 2730. The molecule has 7 aromatic carbocycles. The number of hydrogen-bond acceptors (Lipinski definition) is 4. The van der Waals surface area contributed by atoms with E-state index in [4.69, 9.17) is 19.4 Å². The lowest BCUT2D eigenvalue weighted by molar-refractivity contribution is 0.651. The van der Waals surface area contributed by atoms with E-state index in [-0.39, 0.29) is 0 Å². The molecule has 9 rings (SSSR count). The van der Waals surface area contributed by atoms with Crippen molar-refractivity contribution in [3.8, 4) is 34.2 Å². The fourth-order valence-electron chi connectivity index (χ4n) is 8.47. The van der Waals surface area contributed by atoms with Crippen molar-refractivity contribution >= 4 is 54.3 Å². The van der Waals surface area contributed by atoms with E-state index in [1.165, 1.54) is 106 Å². The number of aryl methyl sites for hydroxylation is 2. The van der Waals surface area contributed by atoms with Crippen LogP contribution >= 0.6 is 0 Å². The summed E-state index contributed by atoms with van der Waals surface area (Å²) in [5.41, 5.74) is 7.78. The van der Waals surface area contributed by atoms with Crippen LogP contribution in [0.4, 0.5) is 0 Å². The van der Waals surface area contributed by atoms with Gasteiger partial charge in [0.15, 0.2) is 17.5 Å². The Morgan fingerprint density at radius 2 is 0.927 bits per heavy atom. The Morgan fingerprint density at radius 3 is 1.56 bits per heavy atom. The Hall–Kier alpha value is -5.87. The lowest BCUT2D eigenvalue weighted by Crippen LogP contribution is -2.00. The van der Waals surface area contributed by atoms with E-state index in [0.717, 1.165) is 40.7 Å². The van der Waals surface area contributed by atoms with Crippen LogP contribution in [0.25, 0.3) is 88.4 Å². The number of furan rings is 1. The highest BCUT2D eigenvalue weighted by molar-refractivity contribution is 6.34. The molecule has 0 radical (unpaired) electrons. The minimum atomic E-state index is 0.671. The molecule has 4 heteroatoms. The highest BCUT2D eigenvalue weighted by Crippen LogP contribution is 2.44. The van der Waals surface area contributed by atoms with E-state index in [2.05, 4.69) is 105 Å². The fourth-order valence-corrected chi connectivity index (χ4v) is 8.47. The van der Waals surface area contributed by atoms with E-state index >= 15 is 0 Å². The van der Waals surface area contributed by atoms with Crippen LogP contribution in [0, 0.1) is 0 Å². The van der Waals surface area contributed by atoms with E-state index < -0.39 is 0 Å². The van der Waals surface area contributed by atoms with Gasteiger partial charge in [-0.2, -0.15) is 0 Å². The molecule has 0 unspecified atom stereocenters. The van der Waals surface area contributed by atoms with E-state index in [1.807, 2.05) is 36.4 Å². The third-order valence-corrected chi connectivity index (χ3v) is 11.3. The highest BCUT2D eigenvalue weighted by Gasteiger charge is 2.20. The Balaban J connectivity index is 1.32. The van der Waals surface area contributed by atoms with Crippen molar-refractivity contribution < 1.29 is 4.42 Å². The summed E-state index contributed by atoms with van der Waals surface area (Å²) in [7, 11) is 0. The minimum absolute atomic E-state index is 0.671. The molecule has 9 aromatic rings. The van der Waals surface area contributed by atoms with Crippen molar-refractivity contribution in [3.63, 3.8) is 0 Å². The van der Waals surface area contributed by atoms with Crippen LogP contribution in [0.3, 0.4) is 0 Å². The zero-order valence-corrected chi connectivity index (χ0v) is 31.9. The zero-order valence-electron chi connectivity index (χ0n) is 31.9. The molecular formula is C51H47N3O. The average molecular weight is 718 g/mol. The molecular weight excluding hydrogens is 671 g/mol. The van der Waals surface area contributed by atoms with Crippen molar-refractivity contribution in [2.24, 2.45) is 0 Å². The number of unbranched alkanes of at least 4 members (excludes halogenated alkanes) is 6. The summed E-state index contributed by atoms with van der Waals surface area (Å²) in [5, 5.41) is 9.92. The summed E-state index contributed by atoms with van der Waals surface area (Å²) in [6.07, 6.45) is 12.2. The van der Waals surface area contributed by atoms with Crippen LogP contribution in [0.15, 0.2) is 132 Å². The van der Waals surface area contributed by atoms with Gasteiger partial charge in [-0.15, -0.1) is 0 Å². The molecule has 2 heterocycles. The third-order valence-electron chi connectivity index (χ3n) is 11.3. The van der Waals surface area contributed by atoms with E-state index in [9.17, 15) is 0 Å². The predicted molar refractivity (Wildman–Crippen MR) is 232 cm³/mol. The molecule has 0 fully saturated rings. The molecule has 0 aliphatic heterocycles. The van der Waals surface area contributed by atoms with Gasteiger partial charge in [0.1, 0.15) is 11.2 Å². The Kier molecular flexibility index (Phi) is 9.81. The number of nitrogens with zero attached hydrogens (tertiary/aromatic N) is 3. The molecule has 2 aromatic heterocycles. The summed E-state index contributed by atoms with van der Waals surface area (Å²) >= 11 is 0. The number of para-hydroxylation sites is 1. The molecule has 4 nitrogen and oxygen atoms in total. The first kappa shape index (κ1) is 34.9. The second-order valence-corrected chi connectivity index (χ2v) is 15.0. The molecule has 0 saturated heterocycles.